The van der Waals surface area contributed by atoms with E-state index in [9.17, 15) is 0 Å². The summed E-state index contributed by atoms with van der Waals surface area (Å²) in [7, 11) is 0. The van der Waals surface area contributed by atoms with Crippen LogP contribution in [0, 0.1) is 3.57 Å². The zero-order valence-corrected chi connectivity index (χ0v) is 11.7. The minimum atomic E-state index is 0.834. The van der Waals surface area contributed by atoms with Gasteiger partial charge in [0.2, 0.25) is 0 Å². The Morgan fingerprint density at radius 2 is 1.65 bits per heavy atom. The highest BCUT2D eigenvalue weighted by molar-refractivity contribution is 14.1. The fourth-order valence-corrected chi connectivity index (χ4v) is 2.98. The first-order valence-corrected chi connectivity index (χ1v) is 6.94. The van der Waals surface area contributed by atoms with E-state index in [1.54, 1.807) is 0 Å². The molecule has 0 radical (unpaired) electrons. The highest BCUT2D eigenvalue weighted by atomic mass is 127. The number of hydrogen-bond donors (Lipinski definition) is 0. The van der Waals surface area contributed by atoms with Gasteiger partial charge in [-0.2, -0.15) is 0 Å². The average Bonchev–Trinajstić information content (AvgIpc) is 2.41. The van der Waals surface area contributed by atoms with Crippen molar-refractivity contribution >= 4 is 39.1 Å². The van der Waals surface area contributed by atoms with E-state index in [4.69, 9.17) is 4.74 Å². The summed E-state index contributed by atoms with van der Waals surface area (Å²) in [4.78, 5) is 2.42. The summed E-state index contributed by atoms with van der Waals surface area (Å²) in [5.41, 5.74) is 1.34. The molecular weight excluding hydrogens is 325 g/mol. The van der Waals surface area contributed by atoms with Crippen LogP contribution in [0.4, 0.5) is 5.69 Å². The Morgan fingerprint density at radius 1 is 0.941 bits per heavy atom. The summed E-state index contributed by atoms with van der Waals surface area (Å²) in [5, 5.41) is 2.69. The molecular formula is C14H14INO. The molecule has 88 valence electrons. The summed E-state index contributed by atoms with van der Waals surface area (Å²) in [6.45, 7) is 3.65. The van der Waals surface area contributed by atoms with E-state index >= 15 is 0 Å². The monoisotopic (exact) mass is 339 g/mol. The number of ether oxygens (including phenoxy) is 1. The second kappa shape index (κ2) is 4.82. The molecule has 0 atom stereocenters. The first kappa shape index (κ1) is 11.3. The fourth-order valence-electron chi connectivity index (χ4n) is 2.33. The van der Waals surface area contributed by atoms with Crippen LogP contribution in [-0.2, 0) is 4.74 Å². The predicted octanol–water partition coefficient (Wildman–Crippen LogP) is 3.28. The van der Waals surface area contributed by atoms with E-state index in [0.717, 1.165) is 26.3 Å². The molecule has 0 N–H and O–H groups in total. The standard InChI is InChI=1S/C14H14INO/c15-13-5-6-14(16-7-9-17-10-8-16)12-4-2-1-3-11(12)13/h1-6H,7-10H2. The third-order valence-corrected chi connectivity index (χ3v) is 4.14. The molecule has 0 bridgehead atoms. The highest BCUT2D eigenvalue weighted by Crippen LogP contribution is 2.30. The third-order valence-electron chi connectivity index (χ3n) is 3.20. The SMILES string of the molecule is Ic1ccc(N2CCOCC2)c2ccccc12. The molecule has 2 nitrogen and oxygen atoms in total. The summed E-state index contributed by atoms with van der Waals surface area (Å²) in [6, 6.07) is 13.1. The molecule has 1 aliphatic rings. The van der Waals surface area contributed by atoms with Gasteiger partial charge in [0.1, 0.15) is 0 Å². The molecule has 3 rings (SSSR count). The number of anilines is 1. The molecule has 0 spiro atoms. The maximum atomic E-state index is 5.41. The van der Waals surface area contributed by atoms with Crippen LogP contribution in [-0.4, -0.2) is 26.3 Å². The average molecular weight is 339 g/mol. The van der Waals surface area contributed by atoms with Crippen LogP contribution < -0.4 is 4.90 Å². The minimum absolute atomic E-state index is 0.834. The van der Waals surface area contributed by atoms with Gasteiger partial charge in [0.05, 0.1) is 13.2 Å². The van der Waals surface area contributed by atoms with Crippen LogP contribution in [0.2, 0.25) is 0 Å². The van der Waals surface area contributed by atoms with Crippen molar-refractivity contribution in [1.29, 1.82) is 0 Å². The van der Waals surface area contributed by atoms with Gasteiger partial charge < -0.3 is 9.64 Å². The lowest BCUT2D eigenvalue weighted by Crippen LogP contribution is -2.36. The lowest BCUT2D eigenvalue weighted by Gasteiger charge is -2.30. The van der Waals surface area contributed by atoms with Crippen molar-refractivity contribution < 1.29 is 4.74 Å². The van der Waals surface area contributed by atoms with Crippen LogP contribution in [0.5, 0.6) is 0 Å². The number of benzene rings is 2. The Morgan fingerprint density at radius 3 is 2.41 bits per heavy atom. The number of halogens is 1. The molecule has 0 amide bonds. The third kappa shape index (κ3) is 2.13. The first-order chi connectivity index (χ1) is 8.36. The summed E-state index contributed by atoms with van der Waals surface area (Å²) < 4.78 is 6.73. The zero-order valence-electron chi connectivity index (χ0n) is 9.53. The second-order valence-corrected chi connectivity index (χ2v) is 5.37. The Bertz CT molecular complexity index is 535. The molecule has 0 aliphatic carbocycles. The van der Waals surface area contributed by atoms with E-state index < -0.39 is 0 Å². The molecule has 1 heterocycles. The molecule has 0 saturated carbocycles. The quantitative estimate of drug-likeness (QED) is 0.740. The van der Waals surface area contributed by atoms with Gasteiger partial charge in [0, 0.05) is 27.7 Å². The summed E-state index contributed by atoms with van der Waals surface area (Å²) in [6.07, 6.45) is 0. The van der Waals surface area contributed by atoms with E-state index in [-0.39, 0.29) is 0 Å². The molecule has 1 aliphatic heterocycles. The van der Waals surface area contributed by atoms with E-state index in [1.807, 2.05) is 0 Å². The van der Waals surface area contributed by atoms with Gasteiger partial charge in [-0.05, 0) is 40.1 Å². The topological polar surface area (TPSA) is 12.5 Å². The van der Waals surface area contributed by atoms with Gasteiger partial charge in [0.15, 0.2) is 0 Å². The number of nitrogens with zero attached hydrogens (tertiary/aromatic N) is 1. The van der Waals surface area contributed by atoms with Crippen molar-refractivity contribution in [3.63, 3.8) is 0 Å². The van der Waals surface area contributed by atoms with Crippen molar-refractivity contribution in [3.05, 3.63) is 40.0 Å². The maximum Gasteiger partial charge on any atom is 0.0642 e. The van der Waals surface area contributed by atoms with Crippen molar-refractivity contribution in [3.8, 4) is 0 Å². The molecule has 1 saturated heterocycles. The Labute approximate surface area is 115 Å². The minimum Gasteiger partial charge on any atom is -0.378 e. The molecule has 17 heavy (non-hydrogen) atoms. The summed E-state index contributed by atoms with van der Waals surface area (Å²) >= 11 is 2.40. The van der Waals surface area contributed by atoms with Gasteiger partial charge in [0.25, 0.3) is 0 Å². The van der Waals surface area contributed by atoms with Crippen LogP contribution >= 0.6 is 22.6 Å². The number of morpholine rings is 1. The van der Waals surface area contributed by atoms with Crippen molar-refractivity contribution in [1.82, 2.24) is 0 Å². The largest absolute Gasteiger partial charge is 0.378 e. The molecule has 2 aromatic rings. The second-order valence-electron chi connectivity index (χ2n) is 4.21. The zero-order chi connectivity index (χ0) is 11.7. The van der Waals surface area contributed by atoms with E-state index in [2.05, 4.69) is 63.9 Å². The fraction of sp³-hybridized carbons (Fsp3) is 0.286. The lowest BCUT2D eigenvalue weighted by atomic mass is 10.1. The van der Waals surface area contributed by atoms with Crippen LogP contribution in [0.25, 0.3) is 10.8 Å². The molecule has 3 heteroatoms. The van der Waals surface area contributed by atoms with Gasteiger partial charge in [-0.1, -0.05) is 24.3 Å². The van der Waals surface area contributed by atoms with Crippen LogP contribution in [0.3, 0.4) is 0 Å². The molecule has 1 fully saturated rings. The van der Waals surface area contributed by atoms with E-state index in [1.165, 1.54) is 20.0 Å². The van der Waals surface area contributed by atoms with Crippen molar-refractivity contribution in [2.24, 2.45) is 0 Å². The molecule has 0 unspecified atom stereocenters. The van der Waals surface area contributed by atoms with Crippen LogP contribution in [0.15, 0.2) is 36.4 Å². The highest BCUT2D eigenvalue weighted by Gasteiger charge is 2.14. The van der Waals surface area contributed by atoms with Gasteiger partial charge >= 0.3 is 0 Å². The summed E-state index contributed by atoms with van der Waals surface area (Å²) in [5.74, 6) is 0. The maximum absolute atomic E-state index is 5.41. The smallest absolute Gasteiger partial charge is 0.0642 e. The van der Waals surface area contributed by atoms with Gasteiger partial charge in [-0.15, -0.1) is 0 Å². The predicted molar refractivity (Wildman–Crippen MR) is 79.7 cm³/mol. The van der Waals surface area contributed by atoms with Crippen LogP contribution in [0.1, 0.15) is 0 Å². The Balaban J connectivity index is 2.12. The van der Waals surface area contributed by atoms with Gasteiger partial charge in [-0.25, -0.2) is 0 Å². The van der Waals surface area contributed by atoms with Crippen molar-refractivity contribution in [2.75, 3.05) is 31.2 Å². The Hall–Kier alpha value is -0.810. The number of rotatable bonds is 1. The normalized spacial score (nSPS) is 16.4. The number of hydrogen-bond acceptors (Lipinski definition) is 2. The first-order valence-electron chi connectivity index (χ1n) is 5.86. The van der Waals surface area contributed by atoms with Gasteiger partial charge in [-0.3, -0.25) is 0 Å². The molecule has 2 aromatic carbocycles. The molecule has 0 aromatic heterocycles. The van der Waals surface area contributed by atoms with Crippen molar-refractivity contribution in [2.45, 2.75) is 0 Å². The number of fused-ring (bicyclic) bond motifs is 1. The lowest BCUT2D eigenvalue weighted by molar-refractivity contribution is 0.123. The Kier molecular flexibility index (Phi) is 3.20. The van der Waals surface area contributed by atoms with E-state index in [0.29, 0.717) is 0 Å².